The summed E-state index contributed by atoms with van der Waals surface area (Å²) in [5.41, 5.74) is 9.64. The molecule has 1 unspecified atom stereocenters. The topological polar surface area (TPSA) is 174 Å². The van der Waals surface area contributed by atoms with Crippen LogP contribution in [0.25, 0.3) is 0 Å². The van der Waals surface area contributed by atoms with E-state index < -0.39 is 36.3 Å². The molecule has 0 aromatic rings. The lowest BCUT2D eigenvalue weighted by molar-refractivity contribution is -0.140. The highest BCUT2D eigenvalue weighted by molar-refractivity contribution is 5.87. The van der Waals surface area contributed by atoms with Gasteiger partial charge in [-0.1, -0.05) is 0 Å². The van der Waals surface area contributed by atoms with Crippen molar-refractivity contribution in [3.8, 4) is 0 Å². The Labute approximate surface area is 108 Å². The minimum Gasteiger partial charge on any atom is -0.480 e. The van der Waals surface area contributed by atoms with Gasteiger partial charge < -0.3 is 31.9 Å². The van der Waals surface area contributed by atoms with E-state index in [1.807, 2.05) is 5.32 Å². The second kappa shape index (κ2) is 8.69. The predicted octanol–water partition coefficient (Wildman–Crippen LogP) is -2.88. The molecule has 0 aromatic heterocycles. The zero-order valence-electron chi connectivity index (χ0n) is 10.0. The van der Waals surface area contributed by atoms with Crippen molar-refractivity contribution in [2.75, 3.05) is 19.8 Å². The number of nitrogens with two attached hydrogens (primary N) is 2. The van der Waals surface area contributed by atoms with E-state index in [1.165, 1.54) is 0 Å². The maximum atomic E-state index is 11.3. The van der Waals surface area contributed by atoms with E-state index >= 15 is 0 Å². The molecule has 0 rings (SSSR count). The van der Waals surface area contributed by atoms with E-state index in [0.717, 1.165) is 0 Å². The highest BCUT2D eigenvalue weighted by Crippen LogP contribution is 1.91. The Morgan fingerprint density at radius 1 is 1.16 bits per heavy atom. The number of carbonyl (C=O) groups excluding carboxylic acids is 3. The maximum Gasteiger partial charge on any atom is 0.326 e. The van der Waals surface area contributed by atoms with E-state index in [9.17, 15) is 19.2 Å². The Morgan fingerprint density at radius 3 is 2.26 bits per heavy atom. The van der Waals surface area contributed by atoms with Gasteiger partial charge in [-0.2, -0.15) is 0 Å². The minimum absolute atomic E-state index is 0.0317. The Bertz CT molecular complexity index is 359. The maximum absolute atomic E-state index is 11.3. The van der Waals surface area contributed by atoms with Gasteiger partial charge in [0.25, 0.3) is 0 Å². The molecule has 10 nitrogen and oxygen atoms in total. The summed E-state index contributed by atoms with van der Waals surface area (Å²) in [4.78, 5) is 42.8. The van der Waals surface area contributed by atoms with Crippen molar-refractivity contribution < 1.29 is 29.0 Å². The van der Waals surface area contributed by atoms with E-state index in [0.29, 0.717) is 0 Å². The van der Waals surface area contributed by atoms with Crippen molar-refractivity contribution in [1.82, 2.24) is 10.6 Å². The summed E-state index contributed by atoms with van der Waals surface area (Å²) in [5.74, 6) is -2.87. The molecule has 1 atom stereocenters. The molecule has 10 heteroatoms. The molecule has 0 heterocycles. The summed E-state index contributed by atoms with van der Waals surface area (Å²) in [6.07, 6.45) is -0.513. The number of ether oxygens (including phenoxy) is 1. The quantitative estimate of drug-likeness (QED) is 0.282. The van der Waals surface area contributed by atoms with Crippen LogP contribution in [0.1, 0.15) is 6.42 Å². The van der Waals surface area contributed by atoms with E-state index in [4.69, 9.17) is 21.3 Å². The highest BCUT2D eigenvalue weighted by Gasteiger charge is 2.21. The summed E-state index contributed by atoms with van der Waals surface area (Å²) in [5, 5.41) is 13.0. The molecule has 0 spiro atoms. The van der Waals surface area contributed by atoms with Crippen molar-refractivity contribution in [2.24, 2.45) is 11.5 Å². The molecule has 19 heavy (non-hydrogen) atoms. The first kappa shape index (κ1) is 16.6. The third-order valence-electron chi connectivity index (χ3n) is 1.79. The molecule has 0 radical (unpaired) electrons. The summed E-state index contributed by atoms with van der Waals surface area (Å²) >= 11 is 0. The van der Waals surface area contributed by atoms with Crippen LogP contribution in [0.5, 0.6) is 0 Å². The summed E-state index contributed by atoms with van der Waals surface area (Å²) in [7, 11) is 0. The Hall–Kier alpha value is -2.36. The lowest BCUT2D eigenvalue weighted by Crippen LogP contribution is -2.48. The van der Waals surface area contributed by atoms with Crippen LogP contribution in [0.3, 0.4) is 0 Å². The molecule has 0 saturated heterocycles. The van der Waals surface area contributed by atoms with Crippen LogP contribution in [-0.4, -0.2) is 54.7 Å². The van der Waals surface area contributed by atoms with Gasteiger partial charge in [0, 0.05) is 6.54 Å². The molecule has 0 aromatic carbocycles. The molecule has 0 aliphatic heterocycles. The van der Waals surface area contributed by atoms with E-state index in [1.54, 1.807) is 0 Å². The average Bonchev–Trinajstić information content (AvgIpc) is 2.26. The largest absolute Gasteiger partial charge is 0.480 e. The van der Waals surface area contributed by atoms with Crippen molar-refractivity contribution in [3.05, 3.63) is 0 Å². The van der Waals surface area contributed by atoms with Crippen LogP contribution in [0.2, 0.25) is 0 Å². The number of rotatable bonds is 9. The number of aliphatic carboxylic acids is 1. The second-order valence-corrected chi connectivity index (χ2v) is 3.48. The van der Waals surface area contributed by atoms with Crippen molar-refractivity contribution in [3.63, 3.8) is 0 Å². The Morgan fingerprint density at radius 2 is 1.79 bits per heavy atom. The van der Waals surface area contributed by atoms with Gasteiger partial charge in [-0.15, -0.1) is 0 Å². The lowest BCUT2D eigenvalue weighted by atomic mass is 10.2. The molecule has 0 aliphatic carbocycles. The van der Waals surface area contributed by atoms with Gasteiger partial charge in [0.15, 0.2) is 0 Å². The average molecular weight is 276 g/mol. The van der Waals surface area contributed by atoms with Gasteiger partial charge >= 0.3 is 12.0 Å². The van der Waals surface area contributed by atoms with Crippen molar-refractivity contribution >= 4 is 23.8 Å². The van der Waals surface area contributed by atoms with Crippen LogP contribution in [0, 0.1) is 0 Å². The van der Waals surface area contributed by atoms with Gasteiger partial charge in [-0.25, -0.2) is 9.59 Å². The van der Waals surface area contributed by atoms with Gasteiger partial charge in [0.2, 0.25) is 11.8 Å². The normalized spacial score (nSPS) is 11.4. The first-order valence-electron chi connectivity index (χ1n) is 5.24. The molecule has 108 valence electrons. The third-order valence-corrected chi connectivity index (χ3v) is 1.79. The molecule has 7 N–H and O–H groups in total. The SMILES string of the molecule is NC(=O)COCCNC(=O)NC(CC(N)=O)C(=O)O. The number of hydrogen-bond donors (Lipinski definition) is 5. The van der Waals surface area contributed by atoms with E-state index in [-0.39, 0.29) is 19.8 Å². The fourth-order valence-corrected chi connectivity index (χ4v) is 1.02. The summed E-state index contributed by atoms with van der Waals surface area (Å²) in [6.45, 7) is -0.200. The first-order chi connectivity index (χ1) is 8.82. The number of carboxylic acid groups (broad SMARTS) is 1. The zero-order chi connectivity index (χ0) is 14.8. The predicted molar refractivity (Wildman–Crippen MR) is 61.8 cm³/mol. The minimum atomic E-state index is -1.40. The molecule has 0 bridgehead atoms. The third kappa shape index (κ3) is 9.35. The smallest absolute Gasteiger partial charge is 0.326 e. The monoisotopic (exact) mass is 276 g/mol. The molecule has 0 saturated carbocycles. The molecular weight excluding hydrogens is 260 g/mol. The number of carboxylic acids is 1. The number of nitrogens with one attached hydrogen (secondary N) is 2. The van der Waals surface area contributed by atoms with Crippen LogP contribution in [0.4, 0.5) is 4.79 Å². The molecular formula is C9H16N4O6. The van der Waals surface area contributed by atoms with Gasteiger partial charge in [-0.05, 0) is 0 Å². The Kier molecular flexibility index (Phi) is 7.61. The van der Waals surface area contributed by atoms with Gasteiger partial charge in [0.05, 0.1) is 13.0 Å². The number of amides is 4. The van der Waals surface area contributed by atoms with Crippen LogP contribution < -0.4 is 22.1 Å². The van der Waals surface area contributed by atoms with Crippen molar-refractivity contribution in [1.29, 1.82) is 0 Å². The highest BCUT2D eigenvalue weighted by atomic mass is 16.5. The second-order valence-electron chi connectivity index (χ2n) is 3.48. The van der Waals surface area contributed by atoms with Gasteiger partial charge in [0.1, 0.15) is 12.6 Å². The van der Waals surface area contributed by atoms with Crippen molar-refractivity contribution in [2.45, 2.75) is 12.5 Å². The first-order valence-corrected chi connectivity index (χ1v) is 5.24. The summed E-state index contributed by atoms with van der Waals surface area (Å²) < 4.78 is 4.75. The molecule has 4 amide bonds. The number of carbonyl (C=O) groups is 4. The zero-order valence-corrected chi connectivity index (χ0v) is 10.0. The van der Waals surface area contributed by atoms with Crippen LogP contribution in [0.15, 0.2) is 0 Å². The standard InChI is InChI=1S/C9H16N4O6/c10-6(14)3-5(8(16)17)13-9(18)12-1-2-19-4-7(11)15/h5H,1-4H2,(H2,10,14)(H2,11,15)(H,16,17)(H2,12,13,18). The fraction of sp³-hybridized carbons (Fsp3) is 0.556. The number of hydrogen-bond acceptors (Lipinski definition) is 5. The fourth-order valence-electron chi connectivity index (χ4n) is 1.02. The Balaban J connectivity index is 3.90. The number of primary amides is 2. The van der Waals surface area contributed by atoms with E-state index in [2.05, 4.69) is 5.32 Å². The summed E-state index contributed by atoms with van der Waals surface area (Å²) in [6, 6.07) is -2.19. The van der Waals surface area contributed by atoms with Crippen LogP contribution in [-0.2, 0) is 19.1 Å². The molecule has 0 fully saturated rings. The van der Waals surface area contributed by atoms with Gasteiger partial charge in [-0.3, -0.25) is 9.59 Å². The molecule has 0 aliphatic rings. The van der Waals surface area contributed by atoms with Crippen LogP contribution >= 0.6 is 0 Å². The number of urea groups is 1. The lowest BCUT2D eigenvalue weighted by Gasteiger charge is -2.13.